The van der Waals surface area contributed by atoms with Crippen molar-refractivity contribution < 1.29 is 4.42 Å². The van der Waals surface area contributed by atoms with Crippen LogP contribution in [-0.4, -0.2) is 18.0 Å². The molecule has 0 aliphatic carbocycles. The van der Waals surface area contributed by atoms with E-state index in [0.717, 1.165) is 25.4 Å². The molecule has 0 atom stereocenters. The van der Waals surface area contributed by atoms with Crippen molar-refractivity contribution in [2.24, 2.45) is 5.73 Å². The average molecular weight is 229 g/mol. The van der Waals surface area contributed by atoms with Gasteiger partial charge in [0.15, 0.2) is 0 Å². The van der Waals surface area contributed by atoms with Gasteiger partial charge in [0.05, 0.1) is 18.1 Å². The Labute approximate surface area is 95.2 Å². The van der Waals surface area contributed by atoms with Gasteiger partial charge in [-0.15, -0.1) is 0 Å². The number of furan rings is 1. The number of halogens is 1. The molecule has 4 heteroatoms. The summed E-state index contributed by atoms with van der Waals surface area (Å²) in [6.45, 7) is 3.56. The van der Waals surface area contributed by atoms with E-state index in [2.05, 4.69) is 4.90 Å². The molecular weight excluding hydrogens is 212 g/mol. The van der Waals surface area contributed by atoms with Crippen molar-refractivity contribution in [2.75, 3.05) is 13.1 Å². The summed E-state index contributed by atoms with van der Waals surface area (Å²) >= 11 is 5.97. The smallest absolute Gasteiger partial charge is 0.136 e. The minimum Gasteiger partial charge on any atom is -0.462 e. The number of nitrogens with two attached hydrogens (primary N) is 1. The summed E-state index contributed by atoms with van der Waals surface area (Å²) in [6.07, 6.45) is 3.93. The Morgan fingerprint density at radius 3 is 2.67 bits per heavy atom. The maximum Gasteiger partial charge on any atom is 0.136 e. The van der Waals surface area contributed by atoms with Crippen LogP contribution in [0.15, 0.2) is 10.5 Å². The third-order valence-electron chi connectivity index (χ3n) is 2.82. The van der Waals surface area contributed by atoms with Crippen molar-refractivity contribution in [2.45, 2.75) is 32.4 Å². The molecule has 0 saturated carbocycles. The van der Waals surface area contributed by atoms with Gasteiger partial charge in [0.1, 0.15) is 11.5 Å². The zero-order valence-corrected chi connectivity index (χ0v) is 9.59. The lowest BCUT2D eigenvalue weighted by Crippen LogP contribution is -2.28. The first-order chi connectivity index (χ1) is 7.29. The molecule has 2 heterocycles. The van der Waals surface area contributed by atoms with E-state index in [0.29, 0.717) is 17.3 Å². The van der Waals surface area contributed by atoms with Gasteiger partial charge in [-0.2, -0.15) is 0 Å². The maximum atomic E-state index is 5.97. The number of piperidine rings is 1. The van der Waals surface area contributed by atoms with Gasteiger partial charge in [0.2, 0.25) is 0 Å². The van der Waals surface area contributed by atoms with Crippen LogP contribution < -0.4 is 5.73 Å². The van der Waals surface area contributed by atoms with Gasteiger partial charge < -0.3 is 10.2 Å². The van der Waals surface area contributed by atoms with E-state index >= 15 is 0 Å². The summed E-state index contributed by atoms with van der Waals surface area (Å²) in [5.74, 6) is 1.63. The van der Waals surface area contributed by atoms with Gasteiger partial charge in [-0.1, -0.05) is 18.0 Å². The fourth-order valence-electron chi connectivity index (χ4n) is 2.01. The van der Waals surface area contributed by atoms with E-state index in [9.17, 15) is 0 Å². The summed E-state index contributed by atoms with van der Waals surface area (Å²) in [4.78, 5) is 2.40. The molecule has 1 aromatic heterocycles. The van der Waals surface area contributed by atoms with Crippen molar-refractivity contribution in [1.29, 1.82) is 0 Å². The van der Waals surface area contributed by atoms with Crippen LogP contribution in [-0.2, 0) is 13.1 Å². The molecule has 0 unspecified atom stereocenters. The summed E-state index contributed by atoms with van der Waals surface area (Å²) < 4.78 is 5.57. The molecule has 1 aliphatic rings. The molecule has 0 radical (unpaired) electrons. The fourth-order valence-corrected chi connectivity index (χ4v) is 2.25. The number of nitrogens with zero attached hydrogens (tertiary/aromatic N) is 1. The molecule has 2 rings (SSSR count). The predicted octanol–water partition coefficient (Wildman–Crippen LogP) is 2.38. The minimum absolute atomic E-state index is 0.374. The van der Waals surface area contributed by atoms with Gasteiger partial charge in [-0.3, -0.25) is 4.90 Å². The normalized spacial score (nSPS) is 18.3. The van der Waals surface area contributed by atoms with Crippen molar-refractivity contribution in [3.05, 3.63) is 22.6 Å². The highest BCUT2D eigenvalue weighted by Crippen LogP contribution is 2.22. The Balaban J connectivity index is 1.97. The van der Waals surface area contributed by atoms with Gasteiger partial charge in [0.25, 0.3) is 0 Å². The lowest BCUT2D eigenvalue weighted by Gasteiger charge is -2.25. The predicted molar refractivity (Wildman–Crippen MR) is 60.7 cm³/mol. The standard InChI is InChI=1S/C11H17ClN2O/c12-10-6-9(15-11(10)7-13)8-14-4-2-1-3-5-14/h6H,1-5,7-8,13H2. The zero-order valence-electron chi connectivity index (χ0n) is 8.84. The van der Waals surface area contributed by atoms with E-state index in [1.54, 1.807) is 0 Å². The van der Waals surface area contributed by atoms with E-state index in [4.69, 9.17) is 21.8 Å². The summed E-state index contributed by atoms with van der Waals surface area (Å²) in [5.41, 5.74) is 5.51. The van der Waals surface area contributed by atoms with Crippen LogP contribution in [0.25, 0.3) is 0 Å². The minimum atomic E-state index is 0.374. The van der Waals surface area contributed by atoms with Crippen molar-refractivity contribution >= 4 is 11.6 Å². The number of likely N-dealkylation sites (tertiary alicyclic amines) is 1. The molecular formula is C11H17ClN2O. The highest BCUT2D eigenvalue weighted by atomic mass is 35.5. The van der Waals surface area contributed by atoms with Crippen molar-refractivity contribution in [3.63, 3.8) is 0 Å². The van der Waals surface area contributed by atoms with E-state index < -0.39 is 0 Å². The molecule has 0 bridgehead atoms. The third-order valence-corrected chi connectivity index (χ3v) is 3.14. The zero-order chi connectivity index (χ0) is 10.7. The Kier molecular flexibility index (Phi) is 3.67. The third kappa shape index (κ3) is 2.74. The molecule has 0 aromatic carbocycles. The quantitative estimate of drug-likeness (QED) is 0.864. The van der Waals surface area contributed by atoms with Crippen LogP contribution in [0.1, 0.15) is 30.8 Å². The SMILES string of the molecule is NCc1oc(CN2CCCCC2)cc1Cl. The molecule has 3 nitrogen and oxygen atoms in total. The number of hydrogen-bond acceptors (Lipinski definition) is 3. The molecule has 0 amide bonds. The highest BCUT2D eigenvalue weighted by Gasteiger charge is 2.14. The fraction of sp³-hybridized carbons (Fsp3) is 0.636. The second-order valence-electron chi connectivity index (χ2n) is 4.02. The van der Waals surface area contributed by atoms with Crippen LogP contribution in [0, 0.1) is 0 Å². The second-order valence-corrected chi connectivity index (χ2v) is 4.43. The van der Waals surface area contributed by atoms with Crippen LogP contribution in [0.3, 0.4) is 0 Å². The van der Waals surface area contributed by atoms with Gasteiger partial charge in [0, 0.05) is 0 Å². The van der Waals surface area contributed by atoms with Crippen LogP contribution in [0.2, 0.25) is 5.02 Å². The topological polar surface area (TPSA) is 42.4 Å². The van der Waals surface area contributed by atoms with Gasteiger partial charge in [-0.05, 0) is 32.0 Å². The Bertz CT molecular complexity index is 318. The molecule has 84 valence electrons. The largest absolute Gasteiger partial charge is 0.462 e. The van der Waals surface area contributed by atoms with E-state index in [-0.39, 0.29) is 0 Å². The van der Waals surface area contributed by atoms with Crippen molar-refractivity contribution in [3.8, 4) is 0 Å². The molecule has 1 aromatic rings. The van der Waals surface area contributed by atoms with E-state index in [1.165, 1.54) is 19.3 Å². The molecule has 1 aliphatic heterocycles. The van der Waals surface area contributed by atoms with Crippen LogP contribution in [0.4, 0.5) is 0 Å². The highest BCUT2D eigenvalue weighted by molar-refractivity contribution is 6.31. The molecule has 15 heavy (non-hydrogen) atoms. The Morgan fingerprint density at radius 1 is 1.33 bits per heavy atom. The number of rotatable bonds is 3. The Hall–Kier alpha value is -0.510. The molecule has 1 saturated heterocycles. The van der Waals surface area contributed by atoms with Gasteiger partial charge in [-0.25, -0.2) is 0 Å². The first-order valence-electron chi connectivity index (χ1n) is 5.49. The lowest BCUT2D eigenvalue weighted by atomic mass is 10.1. The summed E-state index contributed by atoms with van der Waals surface area (Å²) in [5, 5.41) is 0.657. The lowest BCUT2D eigenvalue weighted by molar-refractivity contribution is 0.203. The summed E-state index contributed by atoms with van der Waals surface area (Å²) in [7, 11) is 0. The monoisotopic (exact) mass is 228 g/mol. The van der Waals surface area contributed by atoms with E-state index in [1.807, 2.05) is 6.07 Å². The molecule has 0 spiro atoms. The Morgan fingerprint density at radius 2 is 2.07 bits per heavy atom. The number of hydrogen-bond donors (Lipinski definition) is 1. The molecule has 2 N–H and O–H groups in total. The maximum absolute atomic E-state index is 5.97. The average Bonchev–Trinajstić information content (AvgIpc) is 2.60. The van der Waals surface area contributed by atoms with Gasteiger partial charge >= 0.3 is 0 Å². The summed E-state index contributed by atoms with van der Waals surface area (Å²) in [6, 6.07) is 1.89. The first kappa shape index (κ1) is 11.0. The van der Waals surface area contributed by atoms with Crippen LogP contribution >= 0.6 is 11.6 Å². The second kappa shape index (κ2) is 5.01. The van der Waals surface area contributed by atoms with Crippen molar-refractivity contribution in [1.82, 2.24) is 4.90 Å². The first-order valence-corrected chi connectivity index (χ1v) is 5.87. The van der Waals surface area contributed by atoms with Crippen LogP contribution in [0.5, 0.6) is 0 Å². The molecule has 1 fully saturated rings.